The number of piperidine rings is 1. The minimum atomic E-state index is -0.382. The van der Waals surface area contributed by atoms with Crippen LogP contribution in [0.5, 0.6) is 0 Å². The van der Waals surface area contributed by atoms with Gasteiger partial charge in [0, 0.05) is 37.0 Å². The highest BCUT2D eigenvalue weighted by Gasteiger charge is 2.31. The number of carbonyl (C=O) groups excluding carboxylic acids is 2. The molecular formula is C18H23N5O3. The number of fused-ring (bicyclic) bond motifs is 1. The lowest BCUT2D eigenvalue weighted by molar-refractivity contribution is -0.118. The minimum Gasteiger partial charge on any atom is -0.368 e. The Morgan fingerprint density at radius 2 is 2.00 bits per heavy atom. The van der Waals surface area contributed by atoms with Crippen LogP contribution in [-0.2, 0) is 24.2 Å². The van der Waals surface area contributed by atoms with E-state index in [9.17, 15) is 9.59 Å². The number of nitrogens with zero attached hydrogens (tertiary/aromatic N) is 4. The molecule has 0 bridgehead atoms. The Hall–Kier alpha value is -2.64. The first-order valence-electron chi connectivity index (χ1n) is 9.19. The van der Waals surface area contributed by atoms with Gasteiger partial charge in [-0.25, -0.2) is 4.98 Å². The van der Waals surface area contributed by atoms with E-state index in [2.05, 4.69) is 10.1 Å². The summed E-state index contributed by atoms with van der Waals surface area (Å²) in [6.45, 7) is 1.42. The maximum atomic E-state index is 12.8. The van der Waals surface area contributed by atoms with E-state index in [0.717, 1.165) is 55.6 Å². The third-order valence-corrected chi connectivity index (χ3v) is 5.38. The van der Waals surface area contributed by atoms with Crippen molar-refractivity contribution in [1.82, 2.24) is 19.6 Å². The second kappa shape index (κ2) is 6.93. The number of nitrogens with two attached hydrogens (primary N) is 1. The standard InChI is InChI=1S/C18H23N5O3/c19-15(24)11-23-10-7-20-17(23)12-5-8-22(9-6-12)18(25)16-13-3-1-2-4-14(13)21-26-16/h7,10,12H,1-6,8-9,11H2,(H2,19,24). The van der Waals surface area contributed by atoms with Gasteiger partial charge in [-0.05, 0) is 38.5 Å². The zero-order valence-corrected chi connectivity index (χ0v) is 14.7. The summed E-state index contributed by atoms with van der Waals surface area (Å²) in [5.74, 6) is 1.07. The molecule has 2 aromatic heterocycles. The van der Waals surface area contributed by atoms with Gasteiger partial charge in [-0.2, -0.15) is 0 Å². The number of hydrogen-bond acceptors (Lipinski definition) is 5. The van der Waals surface area contributed by atoms with Crippen LogP contribution in [0, 0.1) is 0 Å². The molecule has 1 fully saturated rings. The van der Waals surface area contributed by atoms with Crippen LogP contribution in [0.3, 0.4) is 0 Å². The highest BCUT2D eigenvalue weighted by Crippen LogP contribution is 2.30. The van der Waals surface area contributed by atoms with Crippen LogP contribution in [-0.4, -0.2) is 44.5 Å². The van der Waals surface area contributed by atoms with Gasteiger partial charge in [0.15, 0.2) is 0 Å². The third kappa shape index (κ3) is 3.11. The number of primary amides is 1. The van der Waals surface area contributed by atoms with Crippen LogP contribution >= 0.6 is 0 Å². The first kappa shape index (κ1) is 16.8. The Kier molecular flexibility index (Phi) is 4.48. The van der Waals surface area contributed by atoms with Crippen molar-refractivity contribution in [2.75, 3.05) is 13.1 Å². The quantitative estimate of drug-likeness (QED) is 0.886. The van der Waals surface area contributed by atoms with Gasteiger partial charge in [-0.15, -0.1) is 0 Å². The van der Waals surface area contributed by atoms with E-state index in [1.807, 2.05) is 4.90 Å². The highest BCUT2D eigenvalue weighted by atomic mass is 16.5. The SMILES string of the molecule is NC(=O)Cn1ccnc1C1CCN(C(=O)c2onc3c2CCCC3)CC1. The van der Waals surface area contributed by atoms with Crippen LogP contribution < -0.4 is 5.73 Å². The van der Waals surface area contributed by atoms with Gasteiger partial charge in [0.25, 0.3) is 5.91 Å². The van der Waals surface area contributed by atoms with E-state index < -0.39 is 0 Å². The number of aryl methyl sites for hydroxylation is 1. The summed E-state index contributed by atoms with van der Waals surface area (Å²) in [7, 11) is 0. The zero-order valence-electron chi connectivity index (χ0n) is 14.7. The van der Waals surface area contributed by atoms with Crippen molar-refractivity contribution in [1.29, 1.82) is 0 Å². The molecule has 26 heavy (non-hydrogen) atoms. The molecule has 0 radical (unpaired) electrons. The normalized spacial score (nSPS) is 17.9. The van der Waals surface area contributed by atoms with Crippen molar-refractivity contribution >= 4 is 11.8 Å². The van der Waals surface area contributed by atoms with E-state index >= 15 is 0 Å². The Labute approximate surface area is 151 Å². The number of hydrogen-bond donors (Lipinski definition) is 1. The fourth-order valence-electron chi connectivity index (χ4n) is 4.03. The van der Waals surface area contributed by atoms with Crippen molar-refractivity contribution in [2.45, 2.75) is 51.0 Å². The van der Waals surface area contributed by atoms with Crippen LogP contribution in [0.2, 0.25) is 0 Å². The van der Waals surface area contributed by atoms with E-state index in [4.69, 9.17) is 10.3 Å². The Morgan fingerprint density at radius 1 is 1.23 bits per heavy atom. The average Bonchev–Trinajstić information content (AvgIpc) is 3.27. The van der Waals surface area contributed by atoms with Crippen molar-refractivity contribution < 1.29 is 14.1 Å². The van der Waals surface area contributed by atoms with E-state index in [0.29, 0.717) is 18.8 Å². The molecule has 1 aliphatic heterocycles. The summed E-state index contributed by atoms with van der Waals surface area (Å²) in [5, 5.41) is 4.09. The first-order chi connectivity index (χ1) is 12.6. The van der Waals surface area contributed by atoms with Gasteiger partial charge < -0.3 is 19.7 Å². The fourth-order valence-corrected chi connectivity index (χ4v) is 4.03. The number of likely N-dealkylation sites (tertiary alicyclic amines) is 1. The van der Waals surface area contributed by atoms with Gasteiger partial charge in [-0.3, -0.25) is 9.59 Å². The predicted molar refractivity (Wildman–Crippen MR) is 92.4 cm³/mol. The second-order valence-electron chi connectivity index (χ2n) is 7.09. The van der Waals surface area contributed by atoms with Crippen LogP contribution in [0.25, 0.3) is 0 Å². The van der Waals surface area contributed by atoms with Crippen LogP contribution in [0.4, 0.5) is 0 Å². The molecule has 2 N–H and O–H groups in total. The van der Waals surface area contributed by atoms with Crippen molar-refractivity contribution in [2.24, 2.45) is 5.73 Å². The first-order valence-corrected chi connectivity index (χ1v) is 9.19. The summed E-state index contributed by atoms with van der Waals surface area (Å²) in [6.07, 6.45) is 9.04. The molecule has 2 amide bonds. The van der Waals surface area contributed by atoms with Gasteiger partial charge in [0.2, 0.25) is 11.7 Å². The molecule has 0 atom stereocenters. The summed E-state index contributed by atoms with van der Waals surface area (Å²) in [4.78, 5) is 30.3. The van der Waals surface area contributed by atoms with Crippen LogP contribution in [0.15, 0.2) is 16.9 Å². The highest BCUT2D eigenvalue weighted by molar-refractivity contribution is 5.93. The van der Waals surface area contributed by atoms with Gasteiger partial charge in [0.1, 0.15) is 12.4 Å². The third-order valence-electron chi connectivity index (χ3n) is 5.38. The number of rotatable bonds is 4. The van der Waals surface area contributed by atoms with Gasteiger partial charge >= 0.3 is 0 Å². The molecule has 0 unspecified atom stereocenters. The lowest BCUT2D eigenvalue weighted by Gasteiger charge is -2.31. The van der Waals surface area contributed by atoms with Crippen molar-refractivity contribution in [3.63, 3.8) is 0 Å². The maximum absolute atomic E-state index is 12.8. The summed E-state index contributed by atoms with van der Waals surface area (Å²) < 4.78 is 7.19. The largest absolute Gasteiger partial charge is 0.368 e. The fraction of sp³-hybridized carbons (Fsp3) is 0.556. The van der Waals surface area contributed by atoms with E-state index in [1.54, 1.807) is 17.0 Å². The molecular weight excluding hydrogens is 334 g/mol. The summed E-state index contributed by atoms with van der Waals surface area (Å²) >= 11 is 0. The predicted octanol–water partition coefficient (Wildman–Crippen LogP) is 1.25. The molecule has 1 saturated heterocycles. The monoisotopic (exact) mass is 357 g/mol. The van der Waals surface area contributed by atoms with Gasteiger partial charge in [0.05, 0.1) is 5.69 Å². The molecule has 0 spiro atoms. The van der Waals surface area contributed by atoms with Gasteiger partial charge in [-0.1, -0.05) is 5.16 Å². The molecule has 3 heterocycles. The Morgan fingerprint density at radius 3 is 2.77 bits per heavy atom. The lowest BCUT2D eigenvalue weighted by atomic mass is 9.94. The summed E-state index contributed by atoms with van der Waals surface area (Å²) in [5.41, 5.74) is 7.24. The second-order valence-corrected chi connectivity index (χ2v) is 7.09. The molecule has 8 heteroatoms. The number of amides is 2. The minimum absolute atomic E-state index is 0.0559. The number of imidazole rings is 1. The van der Waals surface area contributed by atoms with Crippen molar-refractivity contribution in [3.8, 4) is 0 Å². The molecule has 2 aromatic rings. The molecule has 138 valence electrons. The van der Waals surface area contributed by atoms with E-state index in [-0.39, 0.29) is 24.3 Å². The molecule has 0 saturated carbocycles. The smallest absolute Gasteiger partial charge is 0.292 e. The Bertz CT molecular complexity index is 817. The number of carbonyl (C=O) groups is 2. The molecule has 8 nitrogen and oxygen atoms in total. The molecule has 1 aliphatic carbocycles. The lowest BCUT2D eigenvalue weighted by Crippen LogP contribution is -2.38. The summed E-state index contributed by atoms with van der Waals surface area (Å²) in [6, 6.07) is 0. The van der Waals surface area contributed by atoms with Crippen molar-refractivity contribution in [3.05, 3.63) is 35.2 Å². The average molecular weight is 357 g/mol. The zero-order chi connectivity index (χ0) is 18.1. The number of aromatic nitrogens is 3. The van der Waals surface area contributed by atoms with E-state index in [1.165, 1.54) is 0 Å². The maximum Gasteiger partial charge on any atom is 0.292 e. The van der Waals surface area contributed by atoms with Crippen LogP contribution in [0.1, 0.15) is 59.2 Å². The Balaban J connectivity index is 1.42. The molecule has 4 rings (SSSR count). The molecule has 0 aromatic carbocycles. The molecule has 2 aliphatic rings. The topological polar surface area (TPSA) is 107 Å².